The van der Waals surface area contributed by atoms with Crippen molar-refractivity contribution in [3.63, 3.8) is 0 Å². The van der Waals surface area contributed by atoms with Gasteiger partial charge in [0.15, 0.2) is 6.04 Å². The summed E-state index contributed by atoms with van der Waals surface area (Å²) in [4.78, 5) is 25.8. The van der Waals surface area contributed by atoms with E-state index in [0.717, 1.165) is 40.7 Å². The minimum Gasteiger partial charge on any atom is -0.331 e. The second kappa shape index (κ2) is 7.47. The Balaban J connectivity index is 1.73. The van der Waals surface area contributed by atoms with Crippen molar-refractivity contribution in [2.45, 2.75) is 13.0 Å². The molecule has 0 bridgehead atoms. The van der Waals surface area contributed by atoms with Gasteiger partial charge in [0.25, 0.3) is 0 Å². The largest absolute Gasteiger partial charge is 0.331 e. The van der Waals surface area contributed by atoms with Crippen LogP contribution < -0.4 is 5.73 Å². The Morgan fingerprint density at radius 3 is 2.89 bits per heavy atom. The molecule has 0 radical (unpaired) electrons. The minimum atomic E-state index is -0.464. The molecule has 3 aliphatic rings. The molecule has 0 spiro atoms. The van der Waals surface area contributed by atoms with Gasteiger partial charge in [0.2, 0.25) is 11.9 Å². The molecule has 1 aromatic rings. The van der Waals surface area contributed by atoms with Gasteiger partial charge in [0.05, 0.1) is 23.1 Å². The Kier molecular flexibility index (Phi) is 5.20. The number of thioether (sulfide) groups is 1. The highest BCUT2D eigenvalue weighted by atomic mass is 35.5. The molecule has 4 rings (SSSR count). The maximum atomic E-state index is 12.8. The second-order valence-corrected chi connectivity index (χ2v) is 8.47. The van der Waals surface area contributed by atoms with Crippen molar-refractivity contribution in [1.29, 1.82) is 0 Å². The Morgan fingerprint density at radius 2 is 2.22 bits per heavy atom. The zero-order chi connectivity index (χ0) is 19.1. The van der Waals surface area contributed by atoms with Crippen molar-refractivity contribution in [2.75, 3.05) is 31.3 Å². The fraction of sp³-hybridized carbons (Fsp3) is 0.389. The van der Waals surface area contributed by atoms with E-state index in [-0.39, 0.29) is 5.91 Å². The molecule has 1 aromatic carbocycles. The van der Waals surface area contributed by atoms with Gasteiger partial charge in [-0.05, 0) is 25.1 Å². The van der Waals surface area contributed by atoms with Crippen LogP contribution in [0.1, 0.15) is 12.5 Å². The van der Waals surface area contributed by atoms with Gasteiger partial charge < -0.3 is 15.5 Å². The van der Waals surface area contributed by atoms with E-state index in [1.807, 2.05) is 22.8 Å². The molecule has 1 saturated heterocycles. The smallest absolute Gasteiger partial charge is 0.250 e. The van der Waals surface area contributed by atoms with E-state index in [1.54, 1.807) is 23.9 Å². The van der Waals surface area contributed by atoms with Crippen molar-refractivity contribution >= 4 is 58.2 Å². The van der Waals surface area contributed by atoms with Crippen molar-refractivity contribution in [3.05, 3.63) is 39.4 Å². The molecular weight excluding hydrogens is 405 g/mol. The number of benzene rings is 1. The van der Waals surface area contributed by atoms with Crippen molar-refractivity contribution in [3.8, 4) is 0 Å². The molecule has 142 valence electrons. The molecule has 0 saturated carbocycles. The van der Waals surface area contributed by atoms with Crippen LogP contribution >= 0.6 is 35.0 Å². The van der Waals surface area contributed by atoms with Crippen molar-refractivity contribution in [2.24, 2.45) is 15.7 Å². The fourth-order valence-corrected chi connectivity index (χ4v) is 4.96. The summed E-state index contributed by atoms with van der Waals surface area (Å²) in [7, 11) is 0. The quantitative estimate of drug-likeness (QED) is 0.810. The SMILES string of the molecule is CC1=NC2=NC(C(=O)N3CCSC3)CN2C(c2ccc(Cl)cc2Cl)=C1CN. The number of carbonyl (C=O) groups is 1. The lowest BCUT2D eigenvalue weighted by atomic mass is 10.00. The molecule has 1 amide bonds. The summed E-state index contributed by atoms with van der Waals surface area (Å²) in [5, 5.41) is 1.10. The molecule has 3 heterocycles. The van der Waals surface area contributed by atoms with Crippen molar-refractivity contribution in [1.82, 2.24) is 9.80 Å². The highest BCUT2D eigenvalue weighted by Crippen LogP contribution is 2.36. The summed E-state index contributed by atoms with van der Waals surface area (Å²) in [6.07, 6.45) is 0. The molecular formula is C18H19Cl2N5OS. The minimum absolute atomic E-state index is 0.0469. The van der Waals surface area contributed by atoms with Crippen molar-refractivity contribution < 1.29 is 4.79 Å². The van der Waals surface area contributed by atoms with Crippen LogP contribution in [0.3, 0.4) is 0 Å². The van der Waals surface area contributed by atoms with Gasteiger partial charge in [-0.15, -0.1) is 11.8 Å². The van der Waals surface area contributed by atoms with Gasteiger partial charge in [0.1, 0.15) is 0 Å². The predicted molar refractivity (Wildman–Crippen MR) is 113 cm³/mol. The first-order valence-corrected chi connectivity index (χ1v) is 10.6. The van der Waals surface area contributed by atoms with Crippen LogP contribution in [0.2, 0.25) is 10.0 Å². The summed E-state index contributed by atoms with van der Waals surface area (Å²) in [5.74, 6) is 2.28. The molecule has 3 aliphatic heterocycles. The summed E-state index contributed by atoms with van der Waals surface area (Å²) >= 11 is 14.3. The number of rotatable bonds is 3. The third-order valence-corrected chi connectivity index (χ3v) is 6.38. The summed E-state index contributed by atoms with van der Waals surface area (Å²) in [6, 6.07) is 4.91. The number of carbonyl (C=O) groups excluding carboxylic acids is 1. The number of fused-ring (bicyclic) bond motifs is 1. The maximum absolute atomic E-state index is 12.8. The third-order valence-electron chi connectivity index (χ3n) is 4.87. The normalized spacial score (nSPS) is 22.1. The van der Waals surface area contributed by atoms with Gasteiger partial charge in [-0.1, -0.05) is 23.2 Å². The van der Waals surface area contributed by atoms with Gasteiger partial charge >= 0.3 is 0 Å². The number of hydrogen-bond donors (Lipinski definition) is 1. The van der Waals surface area contributed by atoms with E-state index in [0.29, 0.717) is 29.1 Å². The van der Waals surface area contributed by atoms with E-state index in [1.165, 1.54) is 0 Å². The molecule has 6 nitrogen and oxygen atoms in total. The number of halogens is 2. The molecule has 2 N–H and O–H groups in total. The molecule has 0 aromatic heterocycles. The van der Waals surface area contributed by atoms with Gasteiger partial charge in [-0.25, -0.2) is 9.98 Å². The number of nitrogens with two attached hydrogens (primary N) is 1. The number of nitrogens with zero attached hydrogens (tertiary/aromatic N) is 4. The molecule has 1 atom stereocenters. The Labute approximate surface area is 172 Å². The zero-order valence-corrected chi connectivity index (χ0v) is 17.1. The summed E-state index contributed by atoms with van der Waals surface area (Å²) in [5.41, 5.74) is 9.38. The first-order valence-electron chi connectivity index (χ1n) is 8.65. The van der Waals surface area contributed by atoms with Gasteiger partial charge in [0, 0.05) is 40.7 Å². The zero-order valence-electron chi connectivity index (χ0n) is 14.8. The van der Waals surface area contributed by atoms with Gasteiger partial charge in [-0.3, -0.25) is 4.79 Å². The summed E-state index contributed by atoms with van der Waals surface area (Å²) in [6.45, 7) is 3.42. The molecule has 27 heavy (non-hydrogen) atoms. The highest BCUT2D eigenvalue weighted by molar-refractivity contribution is 7.99. The average molecular weight is 424 g/mol. The standard InChI is InChI=1S/C18H19Cl2N5OS/c1-10-13(7-21)16(12-3-2-11(19)6-14(12)20)25-8-15(23-18(25)22-10)17(26)24-4-5-27-9-24/h2-3,6,15H,4-5,7-9,21H2,1H3. The molecule has 1 unspecified atom stereocenters. The predicted octanol–water partition coefficient (Wildman–Crippen LogP) is 2.71. The molecule has 9 heteroatoms. The fourth-order valence-electron chi connectivity index (χ4n) is 3.50. The van der Waals surface area contributed by atoms with E-state index in [2.05, 4.69) is 9.98 Å². The average Bonchev–Trinajstić information content (AvgIpc) is 3.30. The van der Waals surface area contributed by atoms with Crippen LogP contribution in [0, 0.1) is 0 Å². The van der Waals surface area contributed by atoms with E-state index >= 15 is 0 Å². The third kappa shape index (κ3) is 3.38. The van der Waals surface area contributed by atoms with E-state index < -0.39 is 6.04 Å². The monoisotopic (exact) mass is 423 g/mol. The second-order valence-electron chi connectivity index (χ2n) is 6.55. The van der Waals surface area contributed by atoms with E-state index in [9.17, 15) is 4.79 Å². The Bertz CT molecular complexity index is 892. The van der Waals surface area contributed by atoms with Gasteiger partial charge in [-0.2, -0.15) is 0 Å². The Hall–Kier alpha value is -1.54. The lowest BCUT2D eigenvalue weighted by molar-refractivity contribution is -0.130. The van der Waals surface area contributed by atoms with E-state index in [4.69, 9.17) is 28.9 Å². The number of aliphatic imine (C=N–C) groups is 2. The van der Waals surface area contributed by atoms with Crippen LogP contribution in [0.4, 0.5) is 0 Å². The van der Waals surface area contributed by atoms with Crippen LogP contribution in [-0.4, -0.2) is 64.7 Å². The lowest BCUT2D eigenvalue weighted by Gasteiger charge is -2.30. The van der Waals surface area contributed by atoms with Crippen LogP contribution in [0.5, 0.6) is 0 Å². The molecule has 0 aliphatic carbocycles. The maximum Gasteiger partial charge on any atom is 0.250 e. The van der Waals surface area contributed by atoms with Crippen LogP contribution in [-0.2, 0) is 4.79 Å². The summed E-state index contributed by atoms with van der Waals surface area (Å²) < 4.78 is 0. The Morgan fingerprint density at radius 1 is 1.41 bits per heavy atom. The highest BCUT2D eigenvalue weighted by Gasteiger charge is 2.39. The lowest BCUT2D eigenvalue weighted by Crippen LogP contribution is -2.40. The first-order chi connectivity index (χ1) is 13.0. The topological polar surface area (TPSA) is 74.3 Å². The number of amides is 1. The number of guanidine groups is 1. The number of hydrogen-bond acceptors (Lipinski definition) is 6. The first kappa shape index (κ1) is 18.8. The van der Waals surface area contributed by atoms with Crippen LogP contribution in [0.25, 0.3) is 5.70 Å². The van der Waals surface area contributed by atoms with Crippen LogP contribution in [0.15, 0.2) is 33.8 Å². The molecule has 1 fully saturated rings.